The molecule has 1 rings (SSSR count). The van der Waals surface area contributed by atoms with Crippen LogP contribution in [0.15, 0.2) is 0 Å². The summed E-state index contributed by atoms with van der Waals surface area (Å²) >= 11 is 0. The number of rotatable bonds is 19. The molecule has 1 aliphatic heterocycles. The first-order valence-corrected chi connectivity index (χ1v) is 13.4. The Balaban J connectivity index is 0.00000841. The van der Waals surface area contributed by atoms with Gasteiger partial charge >= 0.3 is 42.9 Å². The molecule has 1 fully saturated rings. The van der Waals surface area contributed by atoms with Gasteiger partial charge in [0.2, 0.25) is 0 Å². The monoisotopic (exact) mass is 458 g/mol. The number of hydrogen-bond donors (Lipinski definition) is 1. The molecule has 0 saturated carbocycles. The maximum atomic E-state index is 11.2. The van der Waals surface area contributed by atoms with Gasteiger partial charge in [-0.15, -0.1) is 0 Å². The average Bonchev–Trinajstić information content (AvgIpc) is 2.70. The Morgan fingerprint density at radius 2 is 1.30 bits per heavy atom. The van der Waals surface area contributed by atoms with Crippen molar-refractivity contribution in [3.63, 3.8) is 0 Å². The predicted molar refractivity (Wildman–Crippen MR) is 124 cm³/mol. The van der Waals surface area contributed by atoms with E-state index in [4.69, 9.17) is 14.4 Å². The van der Waals surface area contributed by atoms with E-state index in [2.05, 4.69) is 11.4 Å². The Hall–Kier alpha value is 0.580. The SMILES string of the molecule is CCCCCCCCCCCCCCCCCCOCC1COP(=O)(O)C(=O)O1.[NaH]. The molecule has 1 aliphatic rings. The fourth-order valence-electron chi connectivity index (χ4n) is 3.53. The fraction of sp³-hybridized carbons (Fsp3) is 0.955. The molecule has 1 saturated heterocycles. The van der Waals surface area contributed by atoms with Gasteiger partial charge in [-0.3, -0.25) is 4.52 Å². The van der Waals surface area contributed by atoms with E-state index in [-0.39, 0.29) is 42.8 Å². The number of ether oxygens (including phenoxy) is 2. The van der Waals surface area contributed by atoms with Crippen molar-refractivity contribution in [1.29, 1.82) is 0 Å². The Morgan fingerprint density at radius 3 is 1.73 bits per heavy atom. The minimum absolute atomic E-state index is 0. The van der Waals surface area contributed by atoms with Crippen LogP contribution in [0.4, 0.5) is 4.79 Å². The number of unbranched alkanes of at least 4 members (excludes halogenated alkanes) is 15. The second-order valence-electron chi connectivity index (χ2n) is 8.20. The first-order chi connectivity index (χ1) is 14.1. The molecule has 0 aromatic heterocycles. The Labute approximate surface area is 206 Å². The van der Waals surface area contributed by atoms with Crippen molar-refractivity contribution in [2.75, 3.05) is 19.8 Å². The van der Waals surface area contributed by atoms with Gasteiger partial charge in [-0.25, -0.2) is 9.36 Å². The van der Waals surface area contributed by atoms with Gasteiger partial charge in [0, 0.05) is 6.61 Å². The molecule has 2 atom stereocenters. The molecule has 0 spiro atoms. The van der Waals surface area contributed by atoms with Crippen molar-refractivity contribution < 1.29 is 28.3 Å². The van der Waals surface area contributed by atoms with Gasteiger partial charge in [-0.1, -0.05) is 103 Å². The van der Waals surface area contributed by atoms with Gasteiger partial charge in [0.05, 0.1) is 13.2 Å². The number of hydrogen-bond acceptors (Lipinski definition) is 5. The van der Waals surface area contributed by atoms with E-state index in [1.165, 1.54) is 89.9 Å². The zero-order chi connectivity index (χ0) is 21.2. The molecule has 1 heterocycles. The topological polar surface area (TPSA) is 82.1 Å². The van der Waals surface area contributed by atoms with Gasteiger partial charge in [0.15, 0.2) is 0 Å². The molecule has 0 bridgehead atoms. The van der Waals surface area contributed by atoms with Crippen molar-refractivity contribution in [2.45, 2.75) is 116 Å². The third-order valence-corrected chi connectivity index (χ3v) is 6.45. The van der Waals surface area contributed by atoms with E-state index in [9.17, 15) is 9.36 Å². The Kier molecular flexibility index (Phi) is 20.6. The van der Waals surface area contributed by atoms with Crippen molar-refractivity contribution in [2.24, 2.45) is 0 Å². The summed E-state index contributed by atoms with van der Waals surface area (Å²) in [5, 5.41) is 0. The molecule has 0 amide bonds. The molecule has 174 valence electrons. The summed E-state index contributed by atoms with van der Waals surface area (Å²) in [5.41, 5.74) is -1.18. The number of carbonyl (C=O) groups is 1. The second kappa shape index (κ2) is 20.2. The molecule has 1 N–H and O–H groups in total. The van der Waals surface area contributed by atoms with Crippen LogP contribution in [-0.2, 0) is 18.6 Å². The molecule has 0 aromatic rings. The van der Waals surface area contributed by atoms with E-state index >= 15 is 0 Å². The van der Waals surface area contributed by atoms with Crippen LogP contribution in [0.2, 0.25) is 0 Å². The van der Waals surface area contributed by atoms with E-state index in [0.29, 0.717) is 6.61 Å². The van der Waals surface area contributed by atoms with Gasteiger partial charge < -0.3 is 14.4 Å². The summed E-state index contributed by atoms with van der Waals surface area (Å²) < 4.78 is 26.1. The van der Waals surface area contributed by atoms with Crippen LogP contribution in [-0.4, -0.2) is 66.1 Å². The van der Waals surface area contributed by atoms with Crippen LogP contribution < -0.4 is 0 Å². The first-order valence-electron chi connectivity index (χ1n) is 11.8. The fourth-order valence-corrected chi connectivity index (χ4v) is 4.29. The van der Waals surface area contributed by atoms with Crippen LogP contribution in [0, 0.1) is 0 Å². The molecule has 0 radical (unpaired) electrons. The molecule has 8 heteroatoms. The molecule has 30 heavy (non-hydrogen) atoms. The molecular formula is C22H44NaO6P. The molecular weight excluding hydrogens is 414 g/mol. The zero-order valence-corrected chi connectivity index (χ0v) is 19.3. The van der Waals surface area contributed by atoms with Crippen LogP contribution >= 0.6 is 7.60 Å². The summed E-state index contributed by atoms with van der Waals surface area (Å²) in [7, 11) is -4.21. The van der Waals surface area contributed by atoms with E-state index < -0.39 is 19.4 Å². The minimum atomic E-state index is -4.21. The van der Waals surface area contributed by atoms with Crippen molar-refractivity contribution in [1.82, 2.24) is 0 Å². The van der Waals surface area contributed by atoms with Crippen LogP contribution in [0.3, 0.4) is 0 Å². The zero-order valence-electron chi connectivity index (χ0n) is 18.4. The quantitative estimate of drug-likeness (QED) is 0.138. The molecule has 6 nitrogen and oxygen atoms in total. The summed E-state index contributed by atoms with van der Waals surface area (Å²) in [6.45, 7) is 3.01. The van der Waals surface area contributed by atoms with Crippen molar-refractivity contribution >= 4 is 42.9 Å². The first kappa shape index (κ1) is 30.6. The van der Waals surface area contributed by atoms with Crippen molar-refractivity contribution in [3.05, 3.63) is 0 Å². The van der Waals surface area contributed by atoms with Crippen LogP contribution in [0.5, 0.6) is 0 Å². The molecule has 0 aliphatic carbocycles. The average molecular weight is 459 g/mol. The van der Waals surface area contributed by atoms with E-state index in [1.807, 2.05) is 0 Å². The summed E-state index contributed by atoms with van der Waals surface area (Å²) in [6.07, 6.45) is 20.8. The standard InChI is InChI=1S/C22H43O6P.Na.H/c1-2-3-4-5-6-7-8-9-10-11-12-13-14-15-16-17-18-26-19-21-20-27-29(24,25)22(23)28-21;;/h21H,2-20H2,1H3,(H,24,25);;. The van der Waals surface area contributed by atoms with Crippen LogP contribution in [0.25, 0.3) is 0 Å². The predicted octanol–water partition coefficient (Wildman–Crippen LogP) is 6.34. The summed E-state index contributed by atoms with van der Waals surface area (Å²) in [6, 6.07) is 0. The maximum absolute atomic E-state index is 11.2. The summed E-state index contributed by atoms with van der Waals surface area (Å²) in [4.78, 5) is 20.3. The van der Waals surface area contributed by atoms with Gasteiger partial charge in [-0.2, -0.15) is 0 Å². The third kappa shape index (κ3) is 16.2. The van der Waals surface area contributed by atoms with E-state index in [0.717, 1.165) is 12.8 Å². The Morgan fingerprint density at radius 1 is 0.867 bits per heavy atom. The van der Waals surface area contributed by atoms with Gasteiger partial charge in [0.1, 0.15) is 6.10 Å². The van der Waals surface area contributed by atoms with E-state index in [1.54, 1.807) is 0 Å². The molecule has 0 aromatic carbocycles. The van der Waals surface area contributed by atoms with Crippen LogP contribution in [0.1, 0.15) is 110 Å². The normalized spacial score (nSPS) is 21.3. The number of carbonyl (C=O) groups excluding carboxylic acids is 1. The third-order valence-electron chi connectivity index (χ3n) is 5.38. The van der Waals surface area contributed by atoms with Crippen molar-refractivity contribution in [3.8, 4) is 0 Å². The second-order valence-corrected chi connectivity index (χ2v) is 9.86. The summed E-state index contributed by atoms with van der Waals surface area (Å²) in [5.74, 6) is 0. The number of cyclic esters (lactones) is 1. The Bertz CT molecular complexity index is 463. The van der Waals surface area contributed by atoms with Gasteiger partial charge in [0.25, 0.3) is 0 Å². The van der Waals surface area contributed by atoms with Gasteiger partial charge in [-0.05, 0) is 6.42 Å². The molecule has 2 unspecified atom stereocenters.